The predicted molar refractivity (Wildman–Crippen MR) is 76.6 cm³/mol. The van der Waals surface area contributed by atoms with E-state index in [2.05, 4.69) is 0 Å². The van der Waals surface area contributed by atoms with Crippen LogP contribution in [0, 0.1) is 5.41 Å². The van der Waals surface area contributed by atoms with Gasteiger partial charge in [0.1, 0.15) is 0 Å². The van der Waals surface area contributed by atoms with Gasteiger partial charge in [0.2, 0.25) is 11.8 Å². The summed E-state index contributed by atoms with van der Waals surface area (Å²) in [6, 6.07) is 7.16. The third-order valence-corrected chi connectivity index (χ3v) is 4.82. The van der Waals surface area contributed by atoms with E-state index in [0.717, 1.165) is 31.2 Å². The fourth-order valence-electron chi connectivity index (χ4n) is 3.68. The van der Waals surface area contributed by atoms with Gasteiger partial charge in [-0.1, -0.05) is 31.0 Å². The van der Waals surface area contributed by atoms with Gasteiger partial charge < -0.3 is 5.73 Å². The highest BCUT2D eigenvalue weighted by Crippen LogP contribution is 2.49. The van der Waals surface area contributed by atoms with Gasteiger partial charge in [0, 0.05) is 12.1 Å². The number of nitrogens with zero attached hydrogens (tertiary/aromatic N) is 1. The summed E-state index contributed by atoms with van der Waals surface area (Å²) in [5.74, 6) is -0.0385. The van der Waals surface area contributed by atoms with Crippen molar-refractivity contribution in [1.29, 1.82) is 0 Å². The minimum atomic E-state index is -0.408. The van der Waals surface area contributed by atoms with Gasteiger partial charge in [0.25, 0.3) is 0 Å². The monoisotopic (exact) mass is 272 g/mol. The highest BCUT2D eigenvalue weighted by Gasteiger charge is 2.53. The molecule has 1 aliphatic heterocycles. The van der Waals surface area contributed by atoms with E-state index >= 15 is 0 Å². The van der Waals surface area contributed by atoms with Crippen LogP contribution in [0.15, 0.2) is 24.3 Å². The van der Waals surface area contributed by atoms with Crippen LogP contribution in [0.2, 0.25) is 0 Å². The Morgan fingerprint density at radius 3 is 2.50 bits per heavy atom. The molecule has 1 saturated heterocycles. The topological polar surface area (TPSA) is 63.4 Å². The Hall–Kier alpha value is -1.84. The van der Waals surface area contributed by atoms with Crippen LogP contribution >= 0.6 is 0 Å². The van der Waals surface area contributed by atoms with Gasteiger partial charge in [-0.25, -0.2) is 0 Å². The van der Waals surface area contributed by atoms with Crippen molar-refractivity contribution in [3.8, 4) is 0 Å². The maximum atomic E-state index is 12.7. The van der Waals surface area contributed by atoms with Crippen molar-refractivity contribution >= 4 is 17.5 Å². The third-order valence-electron chi connectivity index (χ3n) is 4.82. The molecule has 4 heteroatoms. The lowest BCUT2D eigenvalue weighted by Crippen LogP contribution is -2.36. The van der Waals surface area contributed by atoms with Gasteiger partial charge in [-0.05, 0) is 31.4 Å². The summed E-state index contributed by atoms with van der Waals surface area (Å²) in [7, 11) is 0. The van der Waals surface area contributed by atoms with Crippen molar-refractivity contribution in [2.24, 2.45) is 5.41 Å². The maximum absolute atomic E-state index is 12.7. The number of hydrogen-bond donors (Lipinski definition) is 1. The molecule has 1 aromatic rings. The normalized spacial score (nSPS) is 22.8. The number of imide groups is 1. The molecule has 20 heavy (non-hydrogen) atoms. The molecule has 0 radical (unpaired) electrons. The highest BCUT2D eigenvalue weighted by molar-refractivity contribution is 6.06. The zero-order chi connectivity index (χ0) is 14.3. The second kappa shape index (κ2) is 4.62. The van der Waals surface area contributed by atoms with Crippen molar-refractivity contribution in [2.45, 2.75) is 45.1 Å². The number of hydrogen-bond acceptors (Lipinski definition) is 3. The van der Waals surface area contributed by atoms with Crippen molar-refractivity contribution in [2.75, 3.05) is 5.73 Å². The molecule has 2 N–H and O–H groups in total. The highest BCUT2D eigenvalue weighted by atomic mass is 16.2. The van der Waals surface area contributed by atoms with E-state index in [4.69, 9.17) is 5.73 Å². The molecule has 2 fully saturated rings. The lowest BCUT2D eigenvalue weighted by atomic mass is 9.84. The van der Waals surface area contributed by atoms with E-state index in [-0.39, 0.29) is 17.9 Å². The van der Waals surface area contributed by atoms with Crippen LogP contribution < -0.4 is 5.73 Å². The Morgan fingerprint density at radius 2 is 1.85 bits per heavy atom. The molecule has 3 rings (SSSR count). The van der Waals surface area contributed by atoms with E-state index in [1.54, 1.807) is 0 Å². The number of nitrogens with two attached hydrogens (primary N) is 1. The minimum Gasteiger partial charge on any atom is -0.398 e. The second-order valence-corrected chi connectivity index (χ2v) is 6.04. The van der Waals surface area contributed by atoms with E-state index < -0.39 is 5.41 Å². The lowest BCUT2D eigenvalue weighted by Gasteiger charge is -2.27. The number of carbonyl (C=O) groups excluding carboxylic acids is 2. The maximum Gasteiger partial charge on any atom is 0.236 e. The molecule has 0 aromatic heterocycles. The first-order chi connectivity index (χ1) is 9.55. The smallest absolute Gasteiger partial charge is 0.236 e. The molecule has 1 atom stereocenters. The molecular weight excluding hydrogens is 252 g/mol. The van der Waals surface area contributed by atoms with E-state index in [1.165, 1.54) is 4.90 Å². The fraction of sp³-hybridized carbons (Fsp3) is 0.500. The van der Waals surface area contributed by atoms with E-state index in [9.17, 15) is 9.59 Å². The summed E-state index contributed by atoms with van der Waals surface area (Å²) >= 11 is 0. The first-order valence-corrected chi connectivity index (χ1v) is 7.26. The largest absolute Gasteiger partial charge is 0.398 e. The molecule has 0 bridgehead atoms. The average molecular weight is 272 g/mol. The molecular formula is C16H20N2O2. The van der Waals surface area contributed by atoms with Crippen LogP contribution in [0.5, 0.6) is 0 Å². The number of anilines is 1. The summed E-state index contributed by atoms with van der Waals surface area (Å²) in [5.41, 5.74) is 7.05. The molecule has 106 valence electrons. The molecule has 1 aromatic carbocycles. The zero-order valence-electron chi connectivity index (χ0n) is 11.8. The van der Waals surface area contributed by atoms with Crippen LogP contribution in [0.1, 0.15) is 50.6 Å². The number of para-hydroxylation sites is 1. The number of rotatable bonds is 2. The van der Waals surface area contributed by atoms with Gasteiger partial charge >= 0.3 is 0 Å². The van der Waals surface area contributed by atoms with Crippen molar-refractivity contribution in [1.82, 2.24) is 4.90 Å². The Labute approximate surface area is 118 Å². The summed E-state index contributed by atoms with van der Waals surface area (Å²) in [4.78, 5) is 26.5. The van der Waals surface area contributed by atoms with Crippen LogP contribution in [0.4, 0.5) is 5.69 Å². The molecule has 2 aliphatic rings. The van der Waals surface area contributed by atoms with E-state index in [0.29, 0.717) is 12.1 Å². The quantitative estimate of drug-likeness (QED) is 0.665. The Kier molecular flexibility index (Phi) is 3.04. The molecule has 1 spiro atoms. The van der Waals surface area contributed by atoms with Crippen LogP contribution in [0.25, 0.3) is 0 Å². The van der Waals surface area contributed by atoms with Crippen LogP contribution in [0.3, 0.4) is 0 Å². The van der Waals surface area contributed by atoms with Gasteiger partial charge in [-0.3, -0.25) is 14.5 Å². The summed E-state index contributed by atoms with van der Waals surface area (Å²) in [5, 5.41) is 0. The third kappa shape index (κ3) is 1.82. The zero-order valence-corrected chi connectivity index (χ0v) is 11.8. The second-order valence-electron chi connectivity index (χ2n) is 6.04. The summed E-state index contributed by atoms with van der Waals surface area (Å²) < 4.78 is 0. The SMILES string of the molecule is CC(c1ccccc1N)N1C(=O)CC2(CCCC2)C1=O. The number of likely N-dealkylation sites (tertiary alicyclic amines) is 1. The molecule has 1 aliphatic carbocycles. The lowest BCUT2D eigenvalue weighted by molar-refractivity contribution is -0.143. The first kappa shape index (κ1) is 13.2. The Balaban J connectivity index is 1.92. The van der Waals surface area contributed by atoms with Gasteiger partial charge in [0.15, 0.2) is 0 Å². The van der Waals surface area contributed by atoms with Crippen molar-refractivity contribution in [3.05, 3.63) is 29.8 Å². The van der Waals surface area contributed by atoms with Crippen LogP contribution in [-0.2, 0) is 9.59 Å². The molecule has 1 saturated carbocycles. The van der Waals surface area contributed by atoms with Gasteiger partial charge in [0.05, 0.1) is 11.5 Å². The molecule has 2 amide bonds. The summed E-state index contributed by atoms with van der Waals surface area (Å²) in [6.45, 7) is 1.88. The predicted octanol–water partition coefficient (Wildman–Crippen LogP) is 2.65. The molecule has 4 nitrogen and oxygen atoms in total. The van der Waals surface area contributed by atoms with Gasteiger partial charge in [-0.2, -0.15) is 0 Å². The fourth-order valence-corrected chi connectivity index (χ4v) is 3.68. The first-order valence-electron chi connectivity index (χ1n) is 7.26. The minimum absolute atomic E-state index is 0.00996. The number of amides is 2. The Bertz CT molecular complexity index is 561. The molecule has 1 unspecified atom stereocenters. The van der Waals surface area contributed by atoms with E-state index in [1.807, 2.05) is 31.2 Å². The van der Waals surface area contributed by atoms with Crippen molar-refractivity contribution in [3.63, 3.8) is 0 Å². The summed E-state index contributed by atoms with van der Waals surface area (Å²) in [6.07, 6.45) is 4.18. The number of nitrogen functional groups attached to an aromatic ring is 1. The average Bonchev–Trinajstić information content (AvgIpc) is 2.97. The number of benzene rings is 1. The van der Waals surface area contributed by atoms with Crippen LogP contribution in [-0.4, -0.2) is 16.7 Å². The standard InChI is InChI=1S/C16H20N2O2/c1-11(12-6-2-3-7-13(12)17)18-14(19)10-16(15(18)20)8-4-5-9-16/h2-3,6-7,11H,4-5,8-10,17H2,1H3. The van der Waals surface area contributed by atoms with Crippen molar-refractivity contribution < 1.29 is 9.59 Å². The Morgan fingerprint density at radius 1 is 1.20 bits per heavy atom. The van der Waals surface area contributed by atoms with Gasteiger partial charge in [-0.15, -0.1) is 0 Å². The number of carbonyl (C=O) groups is 2. The molecule has 1 heterocycles.